The zero-order chi connectivity index (χ0) is 20.7. The van der Waals surface area contributed by atoms with Crippen molar-refractivity contribution in [2.75, 3.05) is 14.2 Å². The molecule has 28 heavy (non-hydrogen) atoms. The van der Waals surface area contributed by atoms with Crippen molar-refractivity contribution in [3.63, 3.8) is 0 Å². The number of aryl methyl sites for hydroxylation is 2. The fourth-order valence-electron chi connectivity index (χ4n) is 3.35. The third kappa shape index (κ3) is 5.82. The average Bonchev–Trinajstić information content (AvgIpc) is 2.62. The normalized spacial score (nSPS) is 11.0. The van der Waals surface area contributed by atoms with E-state index in [9.17, 15) is 0 Å². The summed E-state index contributed by atoms with van der Waals surface area (Å²) in [6, 6.07) is 10.3. The second-order valence-electron chi connectivity index (χ2n) is 7.54. The molecule has 0 atom stereocenters. The van der Waals surface area contributed by atoms with Crippen molar-refractivity contribution < 1.29 is 18.9 Å². The largest absolute Gasteiger partial charge is 0.496 e. The molecule has 0 spiro atoms. The highest BCUT2D eigenvalue weighted by Crippen LogP contribution is 2.33. The Morgan fingerprint density at radius 3 is 2.00 bits per heavy atom. The van der Waals surface area contributed by atoms with Crippen molar-refractivity contribution in [3.05, 3.63) is 47.0 Å². The molecule has 0 aliphatic carbocycles. The lowest BCUT2D eigenvalue weighted by Crippen LogP contribution is -2.10. The highest BCUT2D eigenvalue weighted by Gasteiger charge is 2.13. The fourth-order valence-corrected chi connectivity index (χ4v) is 3.35. The van der Waals surface area contributed by atoms with Crippen LogP contribution in [0.5, 0.6) is 23.0 Å². The number of hydrogen-bond donors (Lipinski definition) is 0. The molecule has 0 N–H and O–H groups in total. The Kier molecular flexibility index (Phi) is 8.04. The first kappa shape index (κ1) is 21.9. The van der Waals surface area contributed by atoms with Crippen molar-refractivity contribution in [2.45, 2.75) is 66.1 Å². The van der Waals surface area contributed by atoms with Crippen molar-refractivity contribution in [1.82, 2.24) is 0 Å². The van der Waals surface area contributed by atoms with E-state index in [1.165, 1.54) is 11.1 Å². The second-order valence-corrected chi connectivity index (χ2v) is 7.54. The maximum Gasteiger partial charge on any atom is 0.128 e. The number of methoxy groups -OCH3 is 2. The standard InChI is InChI=1S/C24H34O4/c1-16(2)27-21-13-11-19(23(15-21)28-17(3)4)9-8-10-20-12-14-22(25-6)18(5)24(20)26-7/h11-17H,8-10H2,1-7H3. The van der Waals surface area contributed by atoms with Crippen LogP contribution in [-0.2, 0) is 12.8 Å². The van der Waals surface area contributed by atoms with Crippen LogP contribution in [0.3, 0.4) is 0 Å². The summed E-state index contributed by atoms with van der Waals surface area (Å²) >= 11 is 0. The molecular weight excluding hydrogens is 352 g/mol. The Morgan fingerprint density at radius 1 is 0.750 bits per heavy atom. The van der Waals surface area contributed by atoms with Gasteiger partial charge in [0.2, 0.25) is 0 Å². The van der Waals surface area contributed by atoms with Gasteiger partial charge in [-0.3, -0.25) is 0 Å². The van der Waals surface area contributed by atoms with Gasteiger partial charge in [0.15, 0.2) is 0 Å². The van der Waals surface area contributed by atoms with Crippen LogP contribution in [0.25, 0.3) is 0 Å². The van der Waals surface area contributed by atoms with Crippen LogP contribution in [0.2, 0.25) is 0 Å². The third-order valence-electron chi connectivity index (χ3n) is 4.53. The maximum absolute atomic E-state index is 6.04. The van der Waals surface area contributed by atoms with Gasteiger partial charge >= 0.3 is 0 Å². The molecule has 0 bridgehead atoms. The maximum atomic E-state index is 6.04. The number of rotatable bonds is 10. The lowest BCUT2D eigenvalue weighted by atomic mass is 10.0. The first-order chi connectivity index (χ1) is 13.3. The molecule has 0 aliphatic heterocycles. The molecule has 0 aromatic heterocycles. The van der Waals surface area contributed by atoms with E-state index in [1.807, 2.05) is 52.8 Å². The molecular formula is C24H34O4. The zero-order valence-corrected chi connectivity index (χ0v) is 18.3. The van der Waals surface area contributed by atoms with Gasteiger partial charge in [0.25, 0.3) is 0 Å². The lowest BCUT2D eigenvalue weighted by Gasteiger charge is -2.18. The molecule has 0 saturated carbocycles. The van der Waals surface area contributed by atoms with E-state index >= 15 is 0 Å². The Bertz CT molecular complexity index is 765. The molecule has 0 amide bonds. The first-order valence-corrected chi connectivity index (χ1v) is 10.0. The van der Waals surface area contributed by atoms with Crippen LogP contribution < -0.4 is 18.9 Å². The van der Waals surface area contributed by atoms with Crippen molar-refractivity contribution in [2.24, 2.45) is 0 Å². The van der Waals surface area contributed by atoms with Gasteiger partial charge in [-0.05, 0) is 77.1 Å². The van der Waals surface area contributed by atoms with Gasteiger partial charge < -0.3 is 18.9 Å². The molecule has 0 unspecified atom stereocenters. The number of benzene rings is 2. The van der Waals surface area contributed by atoms with E-state index < -0.39 is 0 Å². The fraction of sp³-hybridized carbons (Fsp3) is 0.500. The Morgan fingerprint density at radius 2 is 1.39 bits per heavy atom. The average molecular weight is 387 g/mol. The van der Waals surface area contributed by atoms with Crippen molar-refractivity contribution in [3.8, 4) is 23.0 Å². The van der Waals surface area contributed by atoms with Crippen LogP contribution in [0, 0.1) is 6.92 Å². The molecule has 2 aromatic carbocycles. The SMILES string of the molecule is COc1ccc(CCCc2ccc(OC(C)C)cc2OC(C)C)c(OC)c1C. The molecule has 154 valence electrons. The van der Waals surface area contributed by atoms with E-state index in [4.69, 9.17) is 18.9 Å². The van der Waals surface area contributed by atoms with Crippen LogP contribution in [0.15, 0.2) is 30.3 Å². The van der Waals surface area contributed by atoms with Gasteiger partial charge in [0.05, 0.1) is 26.4 Å². The summed E-state index contributed by atoms with van der Waals surface area (Å²) in [5, 5.41) is 0. The summed E-state index contributed by atoms with van der Waals surface area (Å²) in [5.74, 6) is 3.53. The van der Waals surface area contributed by atoms with E-state index in [0.29, 0.717) is 0 Å². The number of ether oxygens (including phenoxy) is 4. The minimum atomic E-state index is 0.123. The highest BCUT2D eigenvalue weighted by atomic mass is 16.5. The van der Waals surface area contributed by atoms with Crippen molar-refractivity contribution >= 4 is 0 Å². The van der Waals surface area contributed by atoms with Gasteiger partial charge in [-0.1, -0.05) is 12.1 Å². The Balaban J connectivity index is 2.12. The molecule has 0 radical (unpaired) electrons. The summed E-state index contributed by atoms with van der Waals surface area (Å²) in [6.45, 7) is 10.2. The van der Waals surface area contributed by atoms with Crippen LogP contribution >= 0.6 is 0 Å². The topological polar surface area (TPSA) is 36.9 Å². The van der Waals surface area contributed by atoms with Crippen LogP contribution in [0.4, 0.5) is 0 Å². The smallest absolute Gasteiger partial charge is 0.128 e. The van der Waals surface area contributed by atoms with E-state index in [-0.39, 0.29) is 12.2 Å². The van der Waals surface area contributed by atoms with Gasteiger partial charge in [-0.15, -0.1) is 0 Å². The summed E-state index contributed by atoms with van der Waals surface area (Å²) in [6.07, 6.45) is 3.12. The monoisotopic (exact) mass is 386 g/mol. The number of hydrogen-bond acceptors (Lipinski definition) is 4. The Labute approximate surface area is 169 Å². The quantitative estimate of drug-likeness (QED) is 0.520. The molecule has 0 saturated heterocycles. The van der Waals surface area contributed by atoms with Gasteiger partial charge in [0, 0.05) is 11.6 Å². The van der Waals surface area contributed by atoms with Crippen molar-refractivity contribution in [1.29, 1.82) is 0 Å². The van der Waals surface area contributed by atoms with Crippen LogP contribution in [0.1, 0.15) is 50.8 Å². The zero-order valence-electron chi connectivity index (χ0n) is 18.3. The van der Waals surface area contributed by atoms with E-state index in [1.54, 1.807) is 14.2 Å². The van der Waals surface area contributed by atoms with E-state index in [0.717, 1.165) is 47.8 Å². The van der Waals surface area contributed by atoms with E-state index in [2.05, 4.69) is 12.1 Å². The Hall–Kier alpha value is -2.36. The summed E-state index contributed by atoms with van der Waals surface area (Å²) in [7, 11) is 3.40. The highest BCUT2D eigenvalue weighted by molar-refractivity contribution is 5.49. The summed E-state index contributed by atoms with van der Waals surface area (Å²) in [4.78, 5) is 0. The molecule has 0 fully saturated rings. The molecule has 0 aliphatic rings. The molecule has 4 nitrogen and oxygen atoms in total. The first-order valence-electron chi connectivity index (χ1n) is 10.0. The summed E-state index contributed by atoms with van der Waals surface area (Å²) < 4.78 is 22.9. The molecule has 4 heteroatoms. The molecule has 2 rings (SSSR count). The molecule has 2 aromatic rings. The van der Waals surface area contributed by atoms with Gasteiger partial charge in [-0.25, -0.2) is 0 Å². The predicted octanol–water partition coefficient (Wildman–Crippen LogP) is 5.76. The second kappa shape index (κ2) is 10.3. The minimum absolute atomic E-state index is 0.123. The third-order valence-corrected chi connectivity index (χ3v) is 4.53. The van der Waals surface area contributed by atoms with Gasteiger partial charge in [-0.2, -0.15) is 0 Å². The summed E-state index contributed by atoms with van der Waals surface area (Å²) in [5.41, 5.74) is 3.45. The van der Waals surface area contributed by atoms with Gasteiger partial charge in [0.1, 0.15) is 23.0 Å². The predicted molar refractivity (Wildman–Crippen MR) is 114 cm³/mol. The lowest BCUT2D eigenvalue weighted by molar-refractivity contribution is 0.227. The minimum Gasteiger partial charge on any atom is -0.496 e. The molecule has 0 heterocycles. The van der Waals surface area contributed by atoms with Crippen LogP contribution in [-0.4, -0.2) is 26.4 Å².